The van der Waals surface area contributed by atoms with Crippen molar-refractivity contribution in [2.24, 2.45) is 0 Å². The van der Waals surface area contributed by atoms with Crippen molar-refractivity contribution in [2.75, 3.05) is 7.11 Å². The van der Waals surface area contributed by atoms with E-state index in [1.54, 1.807) is 19.1 Å². The highest BCUT2D eigenvalue weighted by Gasteiger charge is 2.26. The number of rotatable bonds is 6. The summed E-state index contributed by atoms with van der Waals surface area (Å²) in [6, 6.07) is 6.00. The van der Waals surface area contributed by atoms with Crippen LogP contribution in [0.15, 0.2) is 29.8 Å². The summed E-state index contributed by atoms with van der Waals surface area (Å²) in [5.41, 5.74) is 0.399. The Labute approximate surface area is 152 Å². The molecule has 4 nitrogen and oxygen atoms in total. The molecular formula is C19H16F4O4. The summed E-state index contributed by atoms with van der Waals surface area (Å²) < 4.78 is 64.7. The van der Waals surface area contributed by atoms with Crippen LogP contribution in [0, 0.1) is 23.3 Å². The van der Waals surface area contributed by atoms with Crippen LogP contribution < -0.4 is 9.47 Å². The molecule has 2 aromatic carbocycles. The average Bonchev–Trinajstić information content (AvgIpc) is 2.66. The molecule has 0 fully saturated rings. The fourth-order valence-corrected chi connectivity index (χ4v) is 2.30. The number of halogens is 4. The van der Waals surface area contributed by atoms with Crippen molar-refractivity contribution in [3.8, 4) is 11.5 Å². The lowest BCUT2D eigenvalue weighted by atomic mass is 10.0. The van der Waals surface area contributed by atoms with E-state index in [1.165, 1.54) is 19.1 Å². The van der Waals surface area contributed by atoms with E-state index in [-0.39, 0.29) is 11.3 Å². The van der Waals surface area contributed by atoms with E-state index < -0.39 is 47.2 Å². The Morgan fingerprint density at radius 1 is 0.963 bits per heavy atom. The van der Waals surface area contributed by atoms with Gasteiger partial charge < -0.3 is 14.6 Å². The van der Waals surface area contributed by atoms with Gasteiger partial charge in [0.05, 0.1) is 12.7 Å². The Hall–Kier alpha value is -3.03. The second-order valence-electron chi connectivity index (χ2n) is 5.64. The first kappa shape index (κ1) is 20.3. The lowest BCUT2D eigenvalue weighted by molar-refractivity contribution is -0.132. The number of hydrogen-bond donors (Lipinski definition) is 1. The third-order valence-electron chi connectivity index (χ3n) is 4.07. The minimum absolute atomic E-state index is 0.164. The van der Waals surface area contributed by atoms with Gasteiger partial charge in [0.1, 0.15) is 12.4 Å². The summed E-state index contributed by atoms with van der Waals surface area (Å²) in [5.74, 6) is -8.51. The van der Waals surface area contributed by atoms with Crippen molar-refractivity contribution in [1.29, 1.82) is 0 Å². The lowest BCUT2D eigenvalue weighted by Crippen LogP contribution is -2.09. The molecule has 0 heterocycles. The van der Waals surface area contributed by atoms with Crippen LogP contribution in [0.25, 0.3) is 5.57 Å². The Morgan fingerprint density at radius 3 is 1.93 bits per heavy atom. The van der Waals surface area contributed by atoms with Gasteiger partial charge in [-0.15, -0.1) is 0 Å². The van der Waals surface area contributed by atoms with E-state index in [4.69, 9.17) is 9.84 Å². The number of hydrogen-bond acceptors (Lipinski definition) is 3. The number of carboxylic acid groups (broad SMARTS) is 1. The van der Waals surface area contributed by atoms with Gasteiger partial charge in [-0.2, -0.15) is 8.78 Å². The zero-order valence-corrected chi connectivity index (χ0v) is 14.7. The first-order valence-electron chi connectivity index (χ1n) is 7.71. The molecule has 144 valence electrons. The monoisotopic (exact) mass is 384 g/mol. The minimum atomic E-state index is -1.64. The van der Waals surface area contributed by atoms with Gasteiger partial charge in [-0.1, -0.05) is 12.1 Å². The molecule has 0 aliphatic carbocycles. The van der Waals surface area contributed by atoms with Crippen LogP contribution in [0.2, 0.25) is 0 Å². The summed E-state index contributed by atoms with van der Waals surface area (Å²) in [6.45, 7) is 2.34. The second-order valence-corrected chi connectivity index (χ2v) is 5.64. The van der Waals surface area contributed by atoms with Crippen LogP contribution in [-0.4, -0.2) is 18.2 Å². The summed E-state index contributed by atoms with van der Waals surface area (Å²) >= 11 is 0. The maximum absolute atomic E-state index is 13.9. The van der Waals surface area contributed by atoms with Crippen LogP contribution >= 0.6 is 0 Å². The summed E-state index contributed by atoms with van der Waals surface area (Å²) in [6.07, 6.45) is 0. The van der Waals surface area contributed by atoms with E-state index in [9.17, 15) is 22.4 Å². The van der Waals surface area contributed by atoms with Crippen molar-refractivity contribution < 1.29 is 36.9 Å². The lowest BCUT2D eigenvalue weighted by Gasteiger charge is -2.12. The molecule has 0 aromatic heterocycles. The molecule has 8 heteroatoms. The van der Waals surface area contributed by atoms with Gasteiger partial charge >= 0.3 is 5.97 Å². The normalized spacial score (nSPS) is 11.8. The van der Waals surface area contributed by atoms with Gasteiger partial charge in [-0.05, 0) is 37.1 Å². The first-order chi connectivity index (χ1) is 12.7. The number of allylic oxidation sites excluding steroid dienone is 1. The third-order valence-corrected chi connectivity index (χ3v) is 4.07. The zero-order valence-electron chi connectivity index (χ0n) is 14.7. The highest BCUT2D eigenvalue weighted by Crippen LogP contribution is 2.30. The predicted octanol–water partition coefficient (Wildman–Crippen LogP) is 4.71. The third kappa shape index (κ3) is 4.05. The van der Waals surface area contributed by atoms with Gasteiger partial charge in [-0.25, -0.2) is 13.6 Å². The molecule has 0 bridgehead atoms. The van der Waals surface area contributed by atoms with E-state index >= 15 is 0 Å². The molecule has 0 amide bonds. The predicted molar refractivity (Wildman–Crippen MR) is 89.5 cm³/mol. The highest BCUT2D eigenvalue weighted by molar-refractivity contribution is 5.95. The molecule has 0 unspecified atom stereocenters. The smallest absolute Gasteiger partial charge is 0.331 e. The van der Waals surface area contributed by atoms with E-state index in [0.29, 0.717) is 11.1 Å². The fraction of sp³-hybridized carbons (Fsp3) is 0.211. The SMILES string of the molecule is COc1c(F)c(F)c(COc2ccc(/C(C)=C(/C)C(=O)O)cc2)c(F)c1F. The Balaban J connectivity index is 2.24. The summed E-state index contributed by atoms with van der Waals surface area (Å²) in [5, 5.41) is 8.99. The van der Waals surface area contributed by atoms with E-state index in [2.05, 4.69) is 4.74 Å². The van der Waals surface area contributed by atoms with Gasteiger partial charge in [0.15, 0.2) is 17.4 Å². The molecule has 0 radical (unpaired) electrons. The van der Waals surface area contributed by atoms with Crippen LogP contribution in [0.1, 0.15) is 25.0 Å². The minimum Gasteiger partial charge on any atom is -0.491 e. The molecule has 2 aromatic rings. The molecule has 2 rings (SSSR count). The molecule has 0 atom stereocenters. The number of carbonyl (C=O) groups is 1. The number of aliphatic carboxylic acids is 1. The summed E-state index contributed by atoms with van der Waals surface area (Å²) in [4.78, 5) is 11.0. The molecule has 27 heavy (non-hydrogen) atoms. The Bertz CT molecular complexity index is 876. The summed E-state index contributed by atoms with van der Waals surface area (Å²) in [7, 11) is 0.889. The highest BCUT2D eigenvalue weighted by atomic mass is 19.2. The van der Waals surface area contributed by atoms with Crippen LogP contribution in [0.5, 0.6) is 11.5 Å². The van der Waals surface area contributed by atoms with E-state index in [0.717, 1.165) is 7.11 Å². The number of methoxy groups -OCH3 is 1. The first-order valence-corrected chi connectivity index (χ1v) is 7.71. The van der Waals surface area contributed by atoms with Crippen molar-refractivity contribution in [3.63, 3.8) is 0 Å². The van der Waals surface area contributed by atoms with Crippen molar-refractivity contribution in [3.05, 3.63) is 64.2 Å². The Morgan fingerprint density at radius 2 is 1.48 bits per heavy atom. The average molecular weight is 384 g/mol. The van der Waals surface area contributed by atoms with Crippen molar-refractivity contribution in [2.45, 2.75) is 20.5 Å². The van der Waals surface area contributed by atoms with Gasteiger partial charge in [0.2, 0.25) is 11.6 Å². The van der Waals surface area contributed by atoms with Crippen LogP contribution in [0.3, 0.4) is 0 Å². The van der Waals surface area contributed by atoms with Gasteiger partial charge in [0.25, 0.3) is 0 Å². The number of carboxylic acids is 1. The topological polar surface area (TPSA) is 55.8 Å². The van der Waals surface area contributed by atoms with Crippen LogP contribution in [0.4, 0.5) is 17.6 Å². The quantitative estimate of drug-likeness (QED) is 0.445. The molecule has 1 N–H and O–H groups in total. The largest absolute Gasteiger partial charge is 0.491 e. The molecule has 0 aliphatic rings. The fourth-order valence-electron chi connectivity index (χ4n) is 2.30. The number of benzene rings is 2. The maximum atomic E-state index is 13.9. The van der Waals surface area contributed by atoms with Crippen LogP contribution in [-0.2, 0) is 11.4 Å². The zero-order chi connectivity index (χ0) is 20.3. The molecule has 0 spiro atoms. The van der Waals surface area contributed by atoms with Gasteiger partial charge in [0, 0.05) is 5.57 Å². The van der Waals surface area contributed by atoms with E-state index in [1.807, 2.05) is 0 Å². The molecule has 0 saturated carbocycles. The molecule has 0 aliphatic heterocycles. The standard InChI is InChI=1S/C19H16F4O4/c1-9(10(2)19(24)25)11-4-6-12(7-5-11)27-8-13-14(20)16(22)18(26-3)17(23)15(13)21/h4-7H,8H2,1-3H3,(H,24,25)/b10-9-. The van der Waals surface area contributed by atoms with Crippen molar-refractivity contribution in [1.82, 2.24) is 0 Å². The van der Waals surface area contributed by atoms with Crippen molar-refractivity contribution >= 4 is 11.5 Å². The number of ether oxygens (including phenoxy) is 2. The molecule has 0 saturated heterocycles. The Kier molecular flexibility index (Phi) is 6.09. The maximum Gasteiger partial charge on any atom is 0.331 e. The second kappa shape index (κ2) is 8.11. The molecular weight excluding hydrogens is 368 g/mol. The van der Waals surface area contributed by atoms with Gasteiger partial charge in [-0.3, -0.25) is 0 Å².